The van der Waals surface area contributed by atoms with E-state index in [1.165, 1.54) is 16.2 Å². The van der Waals surface area contributed by atoms with Crippen molar-refractivity contribution in [2.75, 3.05) is 25.0 Å². The van der Waals surface area contributed by atoms with E-state index < -0.39 is 18.5 Å². The van der Waals surface area contributed by atoms with E-state index in [0.29, 0.717) is 29.2 Å². The predicted molar refractivity (Wildman–Crippen MR) is 104 cm³/mol. The fourth-order valence-electron chi connectivity index (χ4n) is 2.42. The molecule has 1 aromatic heterocycles. The minimum atomic E-state index is -0.579. The number of para-hydroxylation sites is 1. The third-order valence-corrected chi connectivity index (χ3v) is 4.77. The van der Waals surface area contributed by atoms with Gasteiger partial charge in [0, 0.05) is 12.2 Å². The maximum absolute atomic E-state index is 12.4. The van der Waals surface area contributed by atoms with Gasteiger partial charge in [0.1, 0.15) is 4.88 Å². The number of hydrogen-bond acceptors (Lipinski definition) is 6. The molecule has 0 radical (unpaired) electrons. The summed E-state index contributed by atoms with van der Waals surface area (Å²) in [7, 11) is 0. The third kappa shape index (κ3) is 5.89. The number of thiazole rings is 1. The quantitative estimate of drug-likeness (QED) is 0.702. The van der Waals surface area contributed by atoms with Crippen LogP contribution < -0.4 is 5.32 Å². The van der Waals surface area contributed by atoms with E-state index in [-0.39, 0.29) is 12.5 Å². The molecule has 144 valence electrons. The number of amides is 2. The number of benzene rings is 1. The molecule has 1 N–H and O–H groups in total. The first-order valence-electron chi connectivity index (χ1n) is 8.62. The summed E-state index contributed by atoms with van der Waals surface area (Å²) < 4.78 is 5.08. The van der Waals surface area contributed by atoms with Crippen LogP contribution in [0.5, 0.6) is 0 Å². The molecule has 7 nitrogen and oxygen atoms in total. The van der Waals surface area contributed by atoms with E-state index in [2.05, 4.69) is 10.3 Å². The van der Waals surface area contributed by atoms with E-state index >= 15 is 0 Å². The molecule has 0 atom stereocenters. The van der Waals surface area contributed by atoms with Gasteiger partial charge in [0.25, 0.3) is 5.91 Å². The summed E-state index contributed by atoms with van der Waals surface area (Å²) in [6.07, 6.45) is 0.686. The molecule has 0 bridgehead atoms. The molecule has 1 aromatic carbocycles. The zero-order valence-electron chi connectivity index (χ0n) is 15.7. The highest BCUT2D eigenvalue weighted by atomic mass is 32.1. The molecule has 2 rings (SSSR count). The summed E-state index contributed by atoms with van der Waals surface area (Å²) in [5.41, 5.74) is 3.76. The van der Waals surface area contributed by atoms with Crippen LogP contribution >= 0.6 is 11.3 Å². The van der Waals surface area contributed by atoms with Gasteiger partial charge in [0.2, 0.25) is 5.91 Å². The Kier molecular flexibility index (Phi) is 7.48. The zero-order valence-corrected chi connectivity index (χ0v) is 16.5. The second-order valence-corrected chi connectivity index (χ2v) is 6.88. The van der Waals surface area contributed by atoms with Gasteiger partial charge in [-0.05, 0) is 31.9 Å². The van der Waals surface area contributed by atoms with Crippen LogP contribution in [0.2, 0.25) is 0 Å². The first-order valence-corrected chi connectivity index (χ1v) is 9.50. The van der Waals surface area contributed by atoms with Gasteiger partial charge in [-0.15, -0.1) is 11.3 Å². The number of aryl methyl sites for hydroxylation is 2. The van der Waals surface area contributed by atoms with Crippen molar-refractivity contribution < 1.29 is 19.1 Å². The lowest BCUT2D eigenvalue weighted by atomic mass is 10.2. The largest absolute Gasteiger partial charge is 0.451 e. The van der Waals surface area contributed by atoms with Crippen LogP contribution in [0, 0.1) is 13.8 Å². The Morgan fingerprint density at radius 1 is 1.22 bits per heavy atom. The highest BCUT2D eigenvalue weighted by Gasteiger charge is 2.20. The zero-order chi connectivity index (χ0) is 19.8. The molecular weight excluding hydrogens is 366 g/mol. The number of carbonyl (C=O) groups is 3. The minimum absolute atomic E-state index is 0.0991. The third-order valence-electron chi connectivity index (χ3n) is 3.86. The Balaban J connectivity index is 1.92. The maximum atomic E-state index is 12.4. The van der Waals surface area contributed by atoms with Crippen molar-refractivity contribution in [1.82, 2.24) is 9.88 Å². The van der Waals surface area contributed by atoms with E-state index in [9.17, 15) is 14.4 Å². The first kappa shape index (κ1) is 20.6. The van der Waals surface area contributed by atoms with Gasteiger partial charge in [-0.2, -0.15) is 0 Å². The lowest BCUT2D eigenvalue weighted by Crippen LogP contribution is -2.40. The fraction of sp³-hybridized carbons (Fsp3) is 0.368. The number of nitrogens with zero attached hydrogens (tertiary/aromatic N) is 2. The van der Waals surface area contributed by atoms with Gasteiger partial charge >= 0.3 is 5.97 Å². The van der Waals surface area contributed by atoms with Crippen LogP contribution in [0.1, 0.15) is 34.3 Å². The number of nitrogens with one attached hydrogen (secondary N) is 1. The van der Waals surface area contributed by atoms with Crippen LogP contribution in [0.25, 0.3) is 0 Å². The molecule has 27 heavy (non-hydrogen) atoms. The number of carbonyl (C=O) groups excluding carboxylic acids is 3. The van der Waals surface area contributed by atoms with Crippen molar-refractivity contribution in [3.63, 3.8) is 0 Å². The molecule has 0 fully saturated rings. The highest BCUT2D eigenvalue weighted by molar-refractivity contribution is 7.11. The number of anilines is 1. The van der Waals surface area contributed by atoms with E-state index in [1.807, 2.05) is 32.0 Å². The molecule has 0 aliphatic carbocycles. The van der Waals surface area contributed by atoms with E-state index in [1.54, 1.807) is 18.5 Å². The van der Waals surface area contributed by atoms with Crippen molar-refractivity contribution in [2.24, 2.45) is 0 Å². The molecule has 0 saturated heterocycles. The average Bonchev–Trinajstić information content (AvgIpc) is 3.07. The first-order chi connectivity index (χ1) is 12.9. The lowest BCUT2D eigenvalue weighted by Gasteiger charge is -2.21. The Hall–Kier alpha value is -2.74. The number of ether oxygens (including phenoxy) is 1. The SMILES string of the molecule is CCCN(CC(=O)Nc1ccccc1C)C(=O)COC(=O)c1scnc1C. The Labute approximate surface area is 162 Å². The molecule has 2 aromatic rings. The maximum Gasteiger partial charge on any atom is 0.350 e. The van der Waals surface area contributed by atoms with Gasteiger partial charge in [0.15, 0.2) is 6.61 Å². The summed E-state index contributed by atoms with van der Waals surface area (Å²) >= 11 is 1.17. The molecule has 1 heterocycles. The summed E-state index contributed by atoms with van der Waals surface area (Å²) in [6, 6.07) is 7.42. The van der Waals surface area contributed by atoms with E-state index in [4.69, 9.17) is 4.74 Å². The Morgan fingerprint density at radius 2 is 1.96 bits per heavy atom. The topological polar surface area (TPSA) is 88.6 Å². The molecule has 0 spiro atoms. The van der Waals surface area contributed by atoms with Crippen molar-refractivity contribution >= 4 is 34.8 Å². The second kappa shape index (κ2) is 9.82. The smallest absolute Gasteiger partial charge is 0.350 e. The molecule has 0 aliphatic heterocycles. The number of hydrogen-bond donors (Lipinski definition) is 1. The van der Waals surface area contributed by atoms with Gasteiger partial charge in [-0.25, -0.2) is 9.78 Å². The van der Waals surface area contributed by atoms with Crippen molar-refractivity contribution in [1.29, 1.82) is 0 Å². The normalized spacial score (nSPS) is 10.3. The van der Waals surface area contributed by atoms with Gasteiger partial charge in [-0.3, -0.25) is 9.59 Å². The van der Waals surface area contributed by atoms with Crippen molar-refractivity contribution in [3.05, 3.63) is 45.9 Å². The Bertz CT molecular complexity index is 819. The monoisotopic (exact) mass is 389 g/mol. The lowest BCUT2D eigenvalue weighted by molar-refractivity contribution is -0.137. The highest BCUT2D eigenvalue weighted by Crippen LogP contribution is 2.14. The minimum Gasteiger partial charge on any atom is -0.451 e. The number of rotatable bonds is 8. The van der Waals surface area contributed by atoms with Crippen molar-refractivity contribution in [2.45, 2.75) is 27.2 Å². The predicted octanol–water partition coefficient (Wildman–Crippen LogP) is 2.79. The molecular formula is C19H23N3O4S. The van der Waals surface area contributed by atoms with Gasteiger partial charge in [0.05, 0.1) is 17.7 Å². The fourth-order valence-corrected chi connectivity index (χ4v) is 3.11. The standard InChI is InChI=1S/C19H23N3O4S/c1-4-9-22(10-16(23)21-15-8-6-5-7-13(15)2)17(24)11-26-19(25)18-14(3)20-12-27-18/h5-8,12H,4,9-11H2,1-3H3,(H,21,23). The van der Waals surface area contributed by atoms with Crippen molar-refractivity contribution in [3.8, 4) is 0 Å². The average molecular weight is 389 g/mol. The van der Waals surface area contributed by atoms with Crippen LogP contribution in [-0.4, -0.2) is 47.4 Å². The molecule has 2 amide bonds. The summed E-state index contributed by atoms with van der Waals surface area (Å²) in [5.74, 6) is -1.29. The summed E-state index contributed by atoms with van der Waals surface area (Å²) in [5, 5.41) is 2.80. The number of esters is 1. The van der Waals surface area contributed by atoms with Gasteiger partial charge < -0.3 is 15.0 Å². The van der Waals surface area contributed by atoms with Crippen LogP contribution in [0.15, 0.2) is 29.8 Å². The molecule has 0 saturated carbocycles. The van der Waals surface area contributed by atoms with Gasteiger partial charge in [-0.1, -0.05) is 25.1 Å². The molecule has 8 heteroatoms. The Morgan fingerprint density at radius 3 is 2.59 bits per heavy atom. The second-order valence-electron chi connectivity index (χ2n) is 6.02. The van der Waals surface area contributed by atoms with E-state index in [0.717, 1.165) is 5.56 Å². The van der Waals surface area contributed by atoms with Crippen LogP contribution in [0.3, 0.4) is 0 Å². The molecule has 0 aliphatic rings. The number of aromatic nitrogens is 1. The molecule has 0 unspecified atom stereocenters. The summed E-state index contributed by atoms with van der Waals surface area (Å²) in [6.45, 7) is 5.40. The van der Waals surface area contributed by atoms with Crippen LogP contribution in [0.4, 0.5) is 5.69 Å². The van der Waals surface area contributed by atoms with Crippen LogP contribution in [-0.2, 0) is 14.3 Å². The summed E-state index contributed by atoms with van der Waals surface area (Å²) in [4.78, 5) is 42.5.